The summed E-state index contributed by atoms with van der Waals surface area (Å²) >= 11 is 0. The summed E-state index contributed by atoms with van der Waals surface area (Å²) in [6.07, 6.45) is -2.91. The smallest absolute Gasteiger partial charge is 0.451 e. The zero-order valence-electron chi connectivity index (χ0n) is 15.3. The summed E-state index contributed by atoms with van der Waals surface area (Å²) in [5, 5.41) is 3.44. The topological polar surface area (TPSA) is 59.5 Å². The number of unbranched alkanes of at least 4 members (excludes halogenated alkanes) is 1. The van der Waals surface area contributed by atoms with Crippen molar-refractivity contribution in [2.45, 2.75) is 19.0 Å². The molecule has 0 aliphatic heterocycles. The maximum absolute atomic E-state index is 13.1. The molecule has 1 N–H and O–H groups in total. The molecule has 1 aromatic carbocycles. The molecule has 0 radical (unpaired) electrons. The minimum Gasteiger partial charge on any atom is -0.493 e. The molecule has 0 fully saturated rings. The number of hydrogen-bond donors (Lipinski definition) is 1. The first-order valence-corrected chi connectivity index (χ1v) is 8.16. The van der Waals surface area contributed by atoms with Crippen LogP contribution in [-0.4, -0.2) is 56.3 Å². The van der Waals surface area contributed by atoms with E-state index in [2.05, 4.69) is 20.2 Å². The van der Waals surface area contributed by atoms with Gasteiger partial charge in [-0.1, -0.05) is 0 Å². The first-order valence-electron chi connectivity index (χ1n) is 8.16. The van der Waals surface area contributed by atoms with Crippen molar-refractivity contribution in [3.05, 3.63) is 18.0 Å². The van der Waals surface area contributed by atoms with Gasteiger partial charge in [0.1, 0.15) is 5.82 Å². The number of nitrogens with one attached hydrogen (secondary N) is 1. The molecule has 2 aromatic rings. The number of hydrogen-bond acceptors (Lipinski definition) is 6. The van der Waals surface area contributed by atoms with E-state index in [-0.39, 0.29) is 11.3 Å². The second-order valence-corrected chi connectivity index (χ2v) is 6.06. The summed E-state index contributed by atoms with van der Waals surface area (Å²) in [6, 6.07) is 3.00. The number of halogens is 3. The van der Waals surface area contributed by atoms with Gasteiger partial charge < -0.3 is 19.7 Å². The van der Waals surface area contributed by atoms with Gasteiger partial charge in [0.05, 0.1) is 19.7 Å². The number of fused-ring (bicyclic) bond motifs is 1. The van der Waals surface area contributed by atoms with Crippen molar-refractivity contribution < 1.29 is 22.6 Å². The van der Waals surface area contributed by atoms with Crippen LogP contribution in [0.5, 0.6) is 11.5 Å². The van der Waals surface area contributed by atoms with E-state index in [0.717, 1.165) is 19.4 Å². The molecule has 0 spiro atoms. The molecule has 144 valence electrons. The largest absolute Gasteiger partial charge is 0.493 e. The van der Waals surface area contributed by atoms with Crippen LogP contribution >= 0.6 is 0 Å². The van der Waals surface area contributed by atoms with Gasteiger partial charge in [-0.2, -0.15) is 13.2 Å². The van der Waals surface area contributed by atoms with E-state index >= 15 is 0 Å². The van der Waals surface area contributed by atoms with Gasteiger partial charge in [0.15, 0.2) is 11.5 Å². The van der Waals surface area contributed by atoms with Crippen LogP contribution < -0.4 is 14.8 Å². The second kappa shape index (κ2) is 8.39. The van der Waals surface area contributed by atoms with E-state index in [1.807, 2.05) is 14.1 Å². The molecule has 0 aliphatic rings. The van der Waals surface area contributed by atoms with Crippen molar-refractivity contribution in [2.75, 3.05) is 46.7 Å². The molecule has 26 heavy (non-hydrogen) atoms. The van der Waals surface area contributed by atoms with Crippen LogP contribution in [-0.2, 0) is 6.18 Å². The molecular formula is C17H23F3N4O2. The van der Waals surface area contributed by atoms with Gasteiger partial charge in [-0.15, -0.1) is 0 Å². The Morgan fingerprint density at radius 3 is 2.27 bits per heavy atom. The first-order chi connectivity index (χ1) is 12.3. The summed E-state index contributed by atoms with van der Waals surface area (Å²) in [5.41, 5.74) is 0.140. The van der Waals surface area contributed by atoms with Gasteiger partial charge >= 0.3 is 6.18 Å². The third kappa shape index (κ3) is 4.87. The summed E-state index contributed by atoms with van der Waals surface area (Å²) in [5.74, 6) is -0.344. The lowest BCUT2D eigenvalue weighted by atomic mass is 10.2. The third-order valence-electron chi connectivity index (χ3n) is 3.78. The average molecular weight is 372 g/mol. The fourth-order valence-corrected chi connectivity index (χ4v) is 2.48. The van der Waals surface area contributed by atoms with Crippen molar-refractivity contribution in [2.24, 2.45) is 0 Å². The van der Waals surface area contributed by atoms with Crippen molar-refractivity contribution in [3.8, 4) is 11.5 Å². The van der Waals surface area contributed by atoms with E-state index in [1.165, 1.54) is 20.3 Å². The summed E-state index contributed by atoms with van der Waals surface area (Å²) in [6.45, 7) is 1.41. The highest BCUT2D eigenvalue weighted by molar-refractivity contribution is 5.91. The quantitative estimate of drug-likeness (QED) is 0.717. The molecule has 0 saturated carbocycles. The average Bonchev–Trinajstić information content (AvgIpc) is 2.58. The lowest BCUT2D eigenvalue weighted by Crippen LogP contribution is -2.16. The van der Waals surface area contributed by atoms with Crippen molar-refractivity contribution in [3.63, 3.8) is 0 Å². The Kier molecular flexibility index (Phi) is 6.47. The molecule has 0 unspecified atom stereocenters. The summed E-state index contributed by atoms with van der Waals surface area (Å²) < 4.78 is 49.8. The zero-order valence-corrected chi connectivity index (χ0v) is 15.3. The van der Waals surface area contributed by atoms with Gasteiger partial charge in [-0.25, -0.2) is 9.97 Å². The number of anilines is 1. The van der Waals surface area contributed by atoms with Gasteiger partial charge in [0.25, 0.3) is 0 Å². The molecule has 0 atom stereocenters. The molecule has 1 heterocycles. The van der Waals surface area contributed by atoms with Crippen molar-refractivity contribution >= 4 is 16.7 Å². The molecule has 9 heteroatoms. The van der Waals surface area contributed by atoms with E-state index in [1.54, 1.807) is 6.07 Å². The Balaban J connectivity index is 2.37. The Morgan fingerprint density at radius 1 is 1.04 bits per heavy atom. The highest BCUT2D eigenvalue weighted by Gasteiger charge is 2.35. The lowest BCUT2D eigenvalue weighted by Gasteiger charge is -2.15. The van der Waals surface area contributed by atoms with Gasteiger partial charge in [-0.05, 0) is 39.5 Å². The standard InChI is InChI=1S/C17H23F3N4O2/c1-24(2)8-6-5-7-21-15-11-9-13(25-3)14(26-4)10-12(11)22-16(23-15)17(18,19)20/h9-10H,5-8H2,1-4H3,(H,21,22,23). The third-order valence-corrected chi connectivity index (χ3v) is 3.78. The van der Waals surface area contributed by atoms with Crippen LogP contribution in [0.3, 0.4) is 0 Å². The number of methoxy groups -OCH3 is 2. The van der Waals surface area contributed by atoms with Crippen LogP contribution in [0.2, 0.25) is 0 Å². The highest BCUT2D eigenvalue weighted by Crippen LogP contribution is 2.36. The fraction of sp³-hybridized carbons (Fsp3) is 0.529. The van der Waals surface area contributed by atoms with Crippen LogP contribution in [0.15, 0.2) is 12.1 Å². The number of ether oxygens (including phenoxy) is 2. The van der Waals surface area contributed by atoms with E-state index in [9.17, 15) is 13.2 Å². The minimum atomic E-state index is -4.64. The normalized spacial score (nSPS) is 11.8. The molecule has 0 saturated heterocycles. The van der Waals surface area contributed by atoms with Crippen LogP contribution in [0.1, 0.15) is 18.7 Å². The maximum Gasteiger partial charge on any atom is 0.451 e. The molecule has 1 aromatic heterocycles. The van der Waals surface area contributed by atoms with Crippen LogP contribution in [0.4, 0.5) is 19.0 Å². The monoisotopic (exact) mass is 372 g/mol. The molecule has 0 bridgehead atoms. The van der Waals surface area contributed by atoms with Crippen LogP contribution in [0, 0.1) is 0 Å². The predicted molar refractivity (Wildman–Crippen MR) is 93.9 cm³/mol. The SMILES string of the molecule is COc1cc2nc(C(F)(F)F)nc(NCCCCN(C)C)c2cc1OC. The Bertz CT molecular complexity index is 751. The van der Waals surface area contributed by atoms with Gasteiger partial charge in [0, 0.05) is 18.0 Å². The minimum absolute atomic E-state index is 0.133. The Hall–Kier alpha value is -2.29. The molecule has 2 rings (SSSR count). The first kappa shape index (κ1) is 20.0. The predicted octanol–water partition coefficient (Wildman–Crippen LogP) is 3.42. The van der Waals surface area contributed by atoms with E-state index in [4.69, 9.17) is 9.47 Å². The lowest BCUT2D eigenvalue weighted by molar-refractivity contribution is -0.144. The Labute approximate surface area is 150 Å². The molecular weight excluding hydrogens is 349 g/mol. The number of rotatable bonds is 8. The molecule has 0 amide bonds. The number of alkyl halides is 3. The second-order valence-electron chi connectivity index (χ2n) is 6.06. The maximum atomic E-state index is 13.1. The van der Waals surface area contributed by atoms with Crippen LogP contribution in [0.25, 0.3) is 10.9 Å². The summed E-state index contributed by atoms with van der Waals surface area (Å²) in [4.78, 5) is 9.38. The number of nitrogens with zero attached hydrogens (tertiary/aromatic N) is 3. The van der Waals surface area contributed by atoms with Gasteiger partial charge in [0.2, 0.25) is 5.82 Å². The van der Waals surface area contributed by atoms with Gasteiger partial charge in [-0.3, -0.25) is 0 Å². The fourth-order valence-electron chi connectivity index (χ4n) is 2.48. The Morgan fingerprint density at radius 2 is 1.69 bits per heavy atom. The molecule has 0 aliphatic carbocycles. The van der Waals surface area contributed by atoms with E-state index in [0.29, 0.717) is 23.4 Å². The van der Waals surface area contributed by atoms with Crippen molar-refractivity contribution in [1.82, 2.24) is 14.9 Å². The number of aromatic nitrogens is 2. The summed E-state index contributed by atoms with van der Waals surface area (Å²) in [7, 11) is 6.82. The number of benzene rings is 1. The zero-order chi connectivity index (χ0) is 19.3. The highest BCUT2D eigenvalue weighted by atomic mass is 19.4. The van der Waals surface area contributed by atoms with E-state index < -0.39 is 12.0 Å². The van der Waals surface area contributed by atoms with Crippen molar-refractivity contribution in [1.29, 1.82) is 0 Å². The molecule has 6 nitrogen and oxygen atoms in total.